The highest BCUT2D eigenvalue weighted by atomic mass is 32.1. The van der Waals surface area contributed by atoms with E-state index in [2.05, 4.69) is 10.5 Å². The second kappa shape index (κ2) is 5.92. The monoisotopic (exact) mass is 315 g/mol. The maximum Gasteiger partial charge on any atom is 0.418 e. The largest absolute Gasteiger partial charge is 0.418 e. The Hall–Kier alpha value is -2.42. The molecule has 0 atom stereocenters. The molecule has 0 aliphatic heterocycles. The van der Waals surface area contributed by atoms with Gasteiger partial charge < -0.3 is 0 Å². The Morgan fingerprint density at radius 2 is 2.10 bits per heavy atom. The summed E-state index contributed by atoms with van der Waals surface area (Å²) in [4.78, 5) is 10.4. The van der Waals surface area contributed by atoms with Gasteiger partial charge in [0, 0.05) is 17.0 Å². The summed E-state index contributed by atoms with van der Waals surface area (Å²) in [5, 5.41) is 16.0. The highest BCUT2D eigenvalue weighted by molar-refractivity contribution is 7.11. The van der Waals surface area contributed by atoms with Crippen LogP contribution in [0, 0.1) is 10.1 Å². The predicted molar refractivity (Wildman–Crippen MR) is 73.6 cm³/mol. The van der Waals surface area contributed by atoms with Gasteiger partial charge in [-0.3, -0.25) is 15.5 Å². The molecule has 0 saturated heterocycles. The molecule has 5 nitrogen and oxygen atoms in total. The van der Waals surface area contributed by atoms with E-state index in [1.54, 1.807) is 17.5 Å². The van der Waals surface area contributed by atoms with E-state index in [0.29, 0.717) is 6.07 Å². The summed E-state index contributed by atoms with van der Waals surface area (Å²) < 4.78 is 38.6. The number of thiophene rings is 1. The summed E-state index contributed by atoms with van der Waals surface area (Å²) in [6.45, 7) is 0. The SMILES string of the molecule is O=[N+]([O-])c1ccc(N/N=C/c2cccs2)c(C(F)(F)F)c1. The molecule has 0 unspecified atom stereocenters. The number of non-ortho nitro benzene ring substituents is 1. The Kier molecular flexibility index (Phi) is 4.22. The van der Waals surface area contributed by atoms with Crippen LogP contribution in [-0.2, 0) is 6.18 Å². The fraction of sp³-hybridized carbons (Fsp3) is 0.0833. The Labute approximate surface area is 120 Å². The first-order valence-corrected chi connectivity index (χ1v) is 6.44. The summed E-state index contributed by atoms with van der Waals surface area (Å²) in [5.41, 5.74) is 0.143. The van der Waals surface area contributed by atoms with Crippen molar-refractivity contribution in [3.63, 3.8) is 0 Å². The molecule has 0 aliphatic rings. The predicted octanol–water partition coefficient (Wildman–Crippen LogP) is 4.12. The third kappa shape index (κ3) is 3.78. The van der Waals surface area contributed by atoms with Crippen LogP contribution in [0.4, 0.5) is 24.5 Å². The minimum atomic E-state index is -4.72. The average molecular weight is 315 g/mol. The molecule has 1 heterocycles. The molecule has 0 fully saturated rings. The van der Waals surface area contributed by atoms with Crippen molar-refractivity contribution in [2.24, 2.45) is 5.10 Å². The Morgan fingerprint density at radius 3 is 2.67 bits per heavy atom. The van der Waals surface area contributed by atoms with E-state index < -0.39 is 22.4 Å². The number of nitrogens with one attached hydrogen (secondary N) is 1. The number of hydrazone groups is 1. The molecule has 21 heavy (non-hydrogen) atoms. The molecule has 0 spiro atoms. The minimum absolute atomic E-state index is 0.346. The summed E-state index contributed by atoms with van der Waals surface area (Å²) in [6.07, 6.45) is -3.35. The zero-order valence-corrected chi connectivity index (χ0v) is 11.1. The number of hydrogen-bond donors (Lipinski definition) is 1. The van der Waals surface area contributed by atoms with Gasteiger partial charge in [0.1, 0.15) is 0 Å². The zero-order chi connectivity index (χ0) is 15.5. The van der Waals surface area contributed by atoms with E-state index >= 15 is 0 Å². The number of benzene rings is 1. The highest BCUT2D eigenvalue weighted by Crippen LogP contribution is 2.37. The van der Waals surface area contributed by atoms with Crippen LogP contribution >= 0.6 is 11.3 Å². The highest BCUT2D eigenvalue weighted by Gasteiger charge is 2.35. The Morgan fingerprint density at radius 1 is 1.33 bits per heavy atom. The van der Waals surface area contributed by atoms with Crippen molar-refractivity contribution in [2.75, 3.05) is 5.43 Å². The van der Waals surface area contributed by atoms with Crippen LogP contribution < -0.4 is 5.43 Å². The second-order valence-corrected chi connectivity index (χ2v) is 4.85. The van der Waals surface area contributed by atoms with Gasteiger partial charge in [0.2, 0.25) is 0 Å². The topological polar surface area (TPSA) is 67.5 Å². The van der Waals surface area contributed by atoms with Crippen LogP contribution in [0.5, 0.6) is 0 Å². The average Bonchev–Trinajstić information content (AvgIpc) is 2.90. The Bertz CT molecular complexity index is 669. The molecule has 0 radical (unpaired) electrons. The van der Waals surface area contributed by atoms with Gasteiger partial charge in [0.15, 0.2) is 0 Å². The number of alkyl halides is 3. The molecule has 0 aliphatic carbocycles. The molecule has 1 N–H and O–H groups in total. The van der Waals surface area contributed by atoms with Crippen molar-refractivity contribution in [3.05, 3.63) is 56.3 Å². The van der Waals surface area contributed by atoms with Crippen molar-refractivity contribution in [1.29, 1.82) is 0 Å². The van der Waals surface area contributed by atoms with Gasteiger partial charge in [0.05, 0.1) is 22.4 Å². The summed E-state index contributed by atoms with van der Waals surface area (Å²) >= 11 is 1.37. The van der Waals surface area contributed by atoms with Crippen LogP contribution in [0.3, 0.4) is 0 Å². The number of nitrogens with zero attached hydrogens (tertiary/aromatic N) is 2. The van der Waals surface area contributed by atoms with E-state index in [-0.39, 0.29) is 5.69 Å². The van der Waals surface area contributed by atoms with E-state index in [0.717, 1.165) is 17.0 Å². The van der Waals surface area contributed by atoms with Crippen molar-refractivity contribution >= 4 is 28.9 Å². The van der Waals surface area contributed by atoms with E-state index in [9.17, 15) is 23.3 Å². The van der Waals surface area contributed by atoms with Crippen molar-refractivity contribution in [3.8, 4) is 0 Å². The van der Waals surface area contributed by atoms with Crippen LogP contribution in [-0.4, -0.2) is 11.1 Å². The van der Waals surface area contributed by atoms with Gasteiger partial charge in [-0.15, -0.1) is 11.3 Å². The fourth-order valence-electron chi connectivity index (χ4n) is 1.51. The summed E-state index contributed by atoms with van der Waals surface area (Å²) in [7, 11) is 0. The molecule has 110 valence electrons. The first-order valence-electron chi connectivity index (χ1n) is 5.56. The number of rotatable bonds is 4. The molecule has 0 bridgehead atoms. The molecule has 2 aromatic rings. The molecule has 9 heteroatoms. The maximum atomic E-state index is 12.9. The lowest BCUT2D eigenvalue weighted by Gasteiger charge is -2.11. The smallest absolute Gasteiger partial charge is 0.278 e. The summed E-state index contributed by atoms with van der Waals surface area (Å²) in [5.74, 6) is 0. The van der Waals surface area contributed by atoms with Crippen molar-refractivity contribution < 1.29 is 18.1 Å². The van der Waals surface area contributed by atoms with Gasteiger partial charge in [-0.25, -0.2) is 0 Å². The summed E-state index contributed by atoms with van der Waals surface area (Å²) in [6, 6.07) is 5.96. The lowest BCUT2D eigenvalue weighted by molar-refractivity contribution is -0.385. The maximum absolute atomic E-state index is 12.9. The Balaban J connectivity index is 2.28. The third-order valence-corrected chi connectivity index (χ3v) is 3.25. The third-order valence-electron chi connectivity index (χ3n) is 2.44. The van der Waals surface area contributed by atoms with E-state index in [1.807, 2.05) is 0 Å². The molecule has 1 aromatic carbocycles. The number of nitro benzene ring substituents is 1. The molecule has 1 aromatic heterocycles. The molecule has 2 rings (SSSR count). The normalized spacial score (nSPS) is 11.8. The van der Waals surface area contributed by atoms with Crippen LogP contribution in [0.2, 0.25) is 0 Å². The lowest BCUT2D eigenvalue weighted by Crippen LogP contribution is -2.09. The minimum Gasteiger partial charge on any atom is -0.278 e. The first kappa shape index (κ1) is 15.0. The quantitative estimate of drug-likeness (QED) is 0.524. The van der Waals surface area contributed by atoms with Crippen LogP contribution in [0.25, 0.3) is 0 Å². The number of hydrogen-bond acceptors (Lipinski definition) is 5. The van der Waals surface area contributed by atoms with Gasteiger partial charge in [-0.1, -0.05) is 6.07 Å². The molecule has 0 amide bonds. The first-order chi connectivity index (χ1) is 9.88. The second-order valence-electron chi connectivity index (χ2n) is 3.87. The van der Waals surface area contributed by atoms with Gasteiger partial charge in [-0.2, -0.15) is 18.3 Å². The zero-order valence-electron chi connectivity index (χ0n) is 10.3. The van der Waals surface area contributed by atoms with E-state index in [1.165, 1.54) is 17.6 Å². The van der Waals surface area contributed by atoms with Gasteiger partial charge >= 0.3 is 6.18 Å². The van der Waals surface area contributed by atoms with Crippen LogP contribution in [0.15, 0.2) is 40.8 Å². The number of anilines is 1. The van der Waals surface area contributed by atoms with Gasteiger partial charge in [0.25, 0.3) is 5.69 Å². The fourth-order valence-corrected chi connectivity index (χ4v) is 2.09. The standard InChI is InChI=1S/C12H8F3N3O2S/c13-12(14,15)10-6-8(18(19)20)3-4-11(10)17-16-7-9-2-1-5-21-9/h1-7,17H/b16-7+. The van der Waals surface area contributed by atoms with Crippen molar-refractivity contribution in [2.45, 2.75) is 6.18 Å². The van der Waals surface area contributed by atoms with Gasteiger partial charge in [-0.05, 0) is 17.5 Å². The van der Waals surface area contributed by atoms with Crippen LogP contribution in [0.1, 0.15) is 10.4 Å². The lowest BCUT2D eigenvalue weighted by atomic mass is 10.1. The molecular weight excluding hydrogens is 307 g/mol. The number of halogens is 3. The molecular formula is C12H8F3N3O2S. The number of nitro groups is 1. The molecule has 0 saturated carbocycles. The van der Waals surface area contributed by atoms with E-state index in [4.69, 9.17) is 0 Å². The van der Waals surface area contributed by atoms with Crippen molar-refractivity contribution in [1.82, 2.24) is 0 Å².